The van der Waals surface area contributed by atoms with Crippen LogP contribution in [0.3, 0.4) is 0 Å². The molecule has 0 aromatic carbocycles. The summed E-state index contributed by atoms with van der Waals surface area (Å²) in [6.45, 7) is 4.50. The van der Waals surface area contributed by atoms with E-state index in [-0.39, 0.29) is 11.6 Å². The lowest BCUT2D eigenvalue weighted by Gasteiger charge is -2.56. The summed E-state index contributed by atoms with van der Waals surface area (Å²) in [5, 5.41) is 18.4. The lowest BCUT2D eigenvalue weighted by atomic mass is 9.49. The molecule has 0 saturated heterocycles. The van der Waals surface area contributed by atoms with Crippen LogP contribution < -0.4 is 5.32 Å². The van der Waals surface area contributed by atoms with Crippen LogP contribution >= 0.6 is 0 Å². The van der Waals surface area contributed by atoms with Crippen molar-refractivity contribution in [2.75, 3.05) is 6.54 Å². The molecule has 0 radical (unpaired) electrons. The van der Waals surface area contributed by atoms with Crippen LogP contribution in [0.5, 0.6) is 0 Å². The molecule has 0 atom stereocenters. The number of nitrogens with zero attached hydrogens (tertiary/aromatic N) is 3. The van der Waals surface area contributed by atoms with Crippen LogP contribution in [0.2, 0.25) is 0 Å². The van der Waals surface area contributed by atoms with Crippen LogP contribution in [0.25, 0.3) is 0 Å². The maximum absolute atomic E-state index is 12.4. The third-order valence-corrected chi connectivity index (χ3v) is 6.90. The van der Waals surface area contributed by atoms with Crippen LogP contribution in [0, 0.1) is 47.1 Å². The summed E-state index contributed by atoms with van der Waals surface area (Å²) in [5.74, 6) is 2.67. The Bertz CT molecular complexity index is 704. The van der Waals surface area contributed by atoms with E-state index in [1.165, 1.54) is 38.5 Å². The number of amides is 1. The summed E-state index contributed by atoms with van der Waals surface area (Å²) in [6.07, 6.45) is 8.37. The zero-order valence-corrected chi connectivity index (χ0v) is 15.7. The summed E-state index contributed by atoms with van der Waals surface area (Å²) < 4.78 is 1.58. The Hall–Kier alpha value is -1.92. The normalized spacial score (nSPS) is 32.0. The Kier molecular flexibility index (Phi) is 4.28. The third-order valence-electron chi connectivity index (χ3n) is 6.90. The predicted molar refractivity (Wildman–Crippen MR) is 96.6 cm³/mol. The minimum atomic E-state index is -0.402. The molecule has 4 bridgehead atoms. The minimum absolute atomic E-state index is 0.0240. The van der Waals surface area contributed by atoms with Crippen molar-refractivity contribution in [3.63, 3.8) is 0 Å². The topological polar surface area (TPSA) is 90.1 Å². The molecule has 1 N–H and O–H groups in total. The Balaban J connectivity index is 1.31. The molecule has 5 rings (SSSR count). The predicted octanol–water partition coefficient (Wildman–Crippen LogP) is 3.13. The summed E-state index contributed by atoms with van der Waals surface area (Å²) >= 11 is 0. The number of aryl methyl sites for hydroxylation is 2. The van der Waals surface area contributed by atoms with Gasteiger partial charge in [-0.3, -0.25) is 19.6 Å². The van der Waals surface area contributed by atoms with Gasteiger partial charge in [-0.05, 0) is 75.5 Å². The number of nitrogens with one attached hydrogen (secondary N) is 1. The number of nitro groups is 1. The van der Waals surface area contributed by atoms with E-state index in [1.54, 1.807) is 18.5 Å². The van der Waals surface area contributed by atoms with E-state index in [1.807, 2.05) is 0 Å². The first kappa shape index (κ1) is 17.5. The maximum Gasteiger partial charge on any atom is 0.312 e. The van der Waals surface area contributed by atoms with E-state index < -0.39 is 4.92 Å². The van der Waals surface area contributed by atoms with Gasteiger partial charge in [0.2, 0.25) is 5.91 Å². The second kappa shape index (κ2) is 6.35. The van der Waals surface area contributed by atoms with Crippen molar-refractivity contribution in [3.8, 4) is 0 Å². The fourth-order valence-electron chi connectivity index (χ4n) is 6.26. The van der Waals surface area contributed by atoms with Crippen molar-refractivity contribution in [3.05, 3.63) is 21.5 Å². The van der Waals surface area contributed by atoms with Crippen LogP contribution in [0.1, 0.15) is 56.3 Å². The van der Waals surface area contributed by atoms with Gasteiger partial charge in [0.15, 0.2) is 0 Å². The summed E-state index contributed by atoms with van der Waals surface area (Å²) in [6, 6.07) is 0. The number of aromatic nitrogens is 2. The molecule has 1 heterocycles. The lowest BCUT2D eigenvalue weighted by molar-refractivity contribution is -0.386. The Morgan fingerprint density at radius 2 is 1.81 bits per heavy atom. The minimum Gasteiger partial charge on any atom is -0.355 e. The van der Waals surface area contributed by atoms with Gasteiger partial charge < -0.3 is 5.32 Å². The molecule has 4 fully saturated rings. The first-order valence-electron chi connectivity index (χ1n) is 9.80. The van der Waals surface area contributed by atoms with Crippen molar-refractivity contribution >= 4 is 11.6 Å². The molecule has 1 aromatic rings. The largest absolute Gasteiger partial charge is 0.355 e. The number of carbonyl (C=O) groups excluding carboxylic acids is 1. The monoisotopic (exact) mass is 360 g/mol. The molecule has 1 aromatic heterocycles. The van der Waals surface area contributed by atoms with E-state index in [2.05, 4.69) is 10.4 Å². The van der Waals surface area contributed by atoms with Crippen LogP contribution in [-0.2, 0) is 11.3 Å². The average Bonchev–Trinajstić information content (AvgIpc) is 2.84. The Labute approximate surface area is 153 Å². The van der Waals surface area contributed by atoms with Gasteiger partial charge in [0.1, 0.15) is 11.4 Å². The zero-order chi connectivity index (χ0) is 18.5. The van der Waals surface area contributed by atoms with Crippen molar-refractivity contribution in [1.29, 1.82) is 0 Å². The molecule has 26 heavy (non-hydrogen) atoms. The smallest absolute Gasteiger partial charge is 0.312 e. The molecule has 7 nitrogen and oxygen atoms in total. The fourth-order valence-corrected chi connectivity index (χ4v) is 6.26. The standard InChI is InChI=1S/C19H28N4O3/c1-12-18(23(25)26)13(2)22(21-12)4-3-17(24)20-11-19-8-14-5-15(9-19)7-16(6-14)10-19/h14-16H,3-11H2,1-2H3,(H,20,24). The van der Waals surface area contributed by atoms with E-state index in [4.69, 9.17) is 0 Å². The summed E-state index contributed by atoms with van der Waals surface area (Å²) in [4.78, 5) is 23.0. The van der Waals surface area contributed by atoms with Crippen molar-refractivity contribution in [2.24, 2.45) is 23.2 Å². The maximum atomic E-state index is 12.4. The molecule has 0 spiro atoms. The van der Waals surface area contributed by atoms with Crippen molar-refractivity contribution in [2.45, 2.75) is 65.3 Å². The molecule has 4 aliphatic rings. The molecule has 4 aliphatic carbocycles. The van der Waals surface area contributed by atoms with Crippen molar-refractivity contribution < 1.29 is 9.72 Å². The van der Waals surface area contributed by atoms with Gasteiger partial charge in [0.25, 0.3) is 0 Å². The van der Waals surface area contributed by atoms with E-state index in [0.717, 1.165) is 24.3 Å². The SMILES string of the molecule is Cc1nn(CCC(=O)NCC23CC4CC(CC(C4)C2)C3)c(C)c1[N+](=O)[O-]. The van der Waals surface area contributed by atoms with Crippen LogP contribution in [0.15, 0.2) is 0 Å². The van der Waals surface area contributed by atoms with Gasteiger partial charge in [-0.25, -0.2) is 0 Å². The van der Waals surface area contributed by atoms with Crippen molar-refractivity contribution in [1.82, 2.24) is 15.1 Å². The number of carbonyl (C=O) groups is 1. The highest BCUT2D eigenvalue weighted by atomic mass is 16.6. The van der Waals surface area contributed by atoms with Gasteiger partial charge in [-0.1, -0.05) is 0 Å². The van der Waals surface area contributed by atoms with Crippen LogP contribution in [0.4, 0.5) is 5.69 Å². The molecule has 142 valence electrons. The molecule has 0 aliphatic heterocycles. The van der Waals surface area contributed by atoms with E-state index in [9.17, 15) is 14.9 Å². The summed E-state index contributed by atoms with van der Waals surface area (Å²) in [5.41, 5.74) is 1.31. The molecule has 0 unspecified atom stereocenters. The highest BCUT2D eigenvalue weighted by Crippen LogP contribution is 2.59. The van der Waals surface area contributed by atoms with E-state index in [0.29, 0.717) is 29.8 Å². The van der Waals surface area contributed by atoms with Gasteiger partial charge in [0.05, 0.1) is 11.5 Å². The fraction of sp³-hybridized carbons (Fsp3) is 0.789. The highest BCUT2D eigenvalue weighted by Gasteiger charge is 2.50. The molecular weight excluding hydrogens is 332 g/mol. The molecular formula is C19H28N4O3. The van der Waals surface area contributed by atoms with Gasteiger partial charge in [-0.15, -0.1) is 0 Å². The highest BCUT2D eigenvalue weighted by molar-refractivity contribution is 5.75. The van der Waals surface area contributed by atoms with Crippen LogP contribution in [-0.4, -0.2) is 27.2 Å². The number of rotatable bonds is 6. The lowest BCUT2D eigenvalue weighted by Crippen LogP contribution is -2.51. The number of hydrogen-bond donors (Lipinski definition) is 1. The molecule has 7 heteroatoms. The van der Waals surface area contributed by atoms with E-state index >= 15 is 0 Å². The first-order chi connectivity index (χ1) is 12.3. The summed E-state index contributed by atoms with van der Waals surface area (Å²) in [7, 11) is 0. The Morgan fingerprint density at radius 3 is 2.31 bits per heavy atom. The van der Waals surface area contributed by atoms with Gasteiger partial charge in [-0.2, -0.15) is 5.10 Å². The average molecular weight is 360 g/mol. The zero-order valence-electron chi connectivity index (χ0n) is 15.7. The van der Waals surface area contributed by atoms with Gasteiger partial charge in [0, 0.05) is 13.0 Å². The second-order valence-corrected chi connectivity index (χ2v) is 8.94. The van der Waals surface area contributed by atoms with Gasteiger partial charge >= 0.3 is 5.69 Å². The molecule has 1 amide bonds. The quantitative estimate of drug-likeness (QED) is 0.623. The first-order valence-corrected chi connectivity index (χ1v) is 9.80. The second-order valence-electron chi connectivity index (χ2n) is 8.94. The third kappa shape index (κ3) is 3.12. The number of hydrogen-bond acceptors (Lipinski definition) is 4. The Morgan fingerprint density at radius 1 is 1.23 bits per heavy atom. The molecule has 4 saturated carbocycles.